The number of carbonyl (C=O) groups excluding carboxylic acids is 3. The Morgan fingerprint density at radius 3 is 2.36 bits per heavy atom. The molecule has 3 aromatic rings. The van der Waals surface area contributed by atoms with Crippen LogP contribution in [0.5, 0.6) is 0 Å². The lowest BCUT2D eigenvalue weighted by molar-refractivity contribution is -0.128. The second-order valence-corrected chi connectivity index (χ2v) is 12.1. The van der Waals surface area contributed by atoms with Gasteiger partial charge >= 0.3 is 6.09 Å². The van der Waals surface area contributed by atoms with E-state index in [0.717, 1.165) is 11.1 Å². The Morgan fingerprint density at radius 2 is 1.71 bits per heavy atom. The standard InChI is InChI=1S/C33H36N4O5/c1-32(2,3)41-31(40)36-20-10-13-25(21-36)37(29-26(14-9-19-34-29)22-11-7-6-8-12-22)30(39)24-17-15-23(16-18-24)27-28(38)33(4,5)42-35-27/h6-9,11-12,14-19,25H,10,13,20-21H2,1-5H3/t25-/m1/s1. The number of rotatable bonds is 5. The van der Waals surface area contributed by atoms with Crippen LogP contribution in [0.15, 0.2) is 78.1 Å². The van der Waals surface area contributed by atoms with E-state index in [9.17, 15) is 14.4 Å². The largest absolute Gasteiger partial charge is 0.444 e. The van der Waals surface area contributed by atoms with Crippen LogP contribution >= 0.6 is 0 Å². The maximum Gasteiger partial charge on any atom is 0.410 e. The molecule has 218 valence electrons. The van der Waals surface area contributed by atoms with Crippen LogP contribution in [-0.4, -0.2) is 63.7 Å². The van der Waals surface area contributed by atoms with E-state index >= 15 is 0 Å². The molecule has 1 atom stereocenters. The number of pyridine rings is 1. The van der Waals surface area contributed by atoms with E-state index in [1.807, 2.05) is 63.2 Å². The maximum atomic E-state index is 14.4. The zero-order chi connectivity index (χ0) is 30.1. The monoisotopic (exact) mass is 568 g/mol. The number of ketones is 1. The third-order valence-electron chi connectivity index (χ3n) is 7.26. The number of piperidine rings is 1. The Hall–Kier alpha value is -4.53. The third kappa shape index (κ3) is 6.05. The first kappa shape index (κ1) is 29.0. The van der Waals surface area contributed by atoms with Gasteiger partial charge in [-0.2, -0.15) is 0 Å². The van der Waals surface area contributed by atoms with Crippen LogP contribution in [0.2, 0.25) is 0 Å². The first-order chi connectivity index (χ1) is 19.9. The Bertz CT molecular complexity index is 1510. The average molecular weight is 569 g/mol. The Labute approximate surface area is 246 Å². The van der Waals surface area contributed by atoms with Crippen molar-refractivity contribution in [3.05, 3.63) is 84.1 Å². The number of Topliss-reactive ketones (excluding diaryl/α,β-unsaturated/α-hetero) is 1. The number of aromatic nitrogens is 1. The van der Waals surface area contributed by atoms with Crippen LogP contribution in [0, 0.1) is 0 Å². The summed E-state index contributed by atoms with van der Waals surface area (Å²) >= 11 is 0. The van der Waals surface area contributed by atoms with Crippen LogP contribution in [0.1, 0.15) is 63.4 Å². The van der Waals surface area contributed by atoms with Gasteiger partial charge in [-0.05, 0) is 77.3 Å². The number of hydrogen-bond acceptors (Lipinski definition) is 7. The highest BCUT2D eigenvalue weighted by Gasteiger charge is 2.40. The zero-order valence-corrected chi connectivity index (χ0v) is 24.7. The summed E-state index contributed by atoms with van der Waals surface area (Å²) in [5.41, 5.74) is 1.31. The number of carbonyl (C=O) groups is 3. The number of anilines is 1. The van der Waals surface area contributed by atoms with Gasteiger partial charge < -0.3 is 14.5 Å². The summed E-state index contributed by atoms with van der Waals surface area (Å²) < 4.78 is 5.65. The van der Waals surface area contributed by atoms with E-state index < -0.39 is 17.3 Å². The van der Waals surface area contributed by atoms with E-state index in [0.29, 0.717) is 42.9 Å². The minimum Gasteiger partial charge on any atom is -0.444 e. The Kier molecular flexibility index (Phi) is 7.86. The molecule has 5 rings (SSSR count). The van der Waals surface area contributed by atoms with Gasteiger partial charge in [0.15, 0.2) is 11.3 Å². The molecule has 0 bridgehead atoms. The lowest BCUT2D eigenvalue weighted by atomic mass is 9.95. The molecule has 9 heteroatoms. The number of amides is 2. The summed E-state index contributed by atoms with van der Waals surface area (Å²) in [5.74, 6) is 0.0395. The number of benzene rings is 2. The topological polar surface area (TPSA) is 101 Å². The van der Waals surface area contributed by atoms with Crippen LogP contribution in [0.4, 0.5) is 10.6 Å². The summed E-state index contributed by atoms with van der Waals surface area (Å²) in [6.45, 7) is 9.70. The minimum absolute atomic E-state index is 0.214. The zero-order valence-electron chi connectivity index (χ0n) is 24.7. The second-order valence-electron chi connectivity index (χ2n) is 12.1. The highest BCUT2D eigenvalue weighted by atomic mass is 16.7. The van der Waals surface area contributed by atoms with Crippen LogP contribution in [0.25, 0.3) is 11.1 Å². The van der Waals surface area contributed by atoms with Crippen molar-refractivity contribution in [1.82, 2.24) is 9.88 Å². The number of likely N-dealkylation sites (tertiary alicyclic amines) is 1. The predicted octanol–water partition coefficient (Wildman–Crippen LogP) is 5.88. The molecule has 2 aromatic carbocycles. The van der Waals surface area contributed by atoms with Crippen molar-refractivity contribution in [3.63, 3.8) is 0 Å². The predicted molar refractivity (Wildman–Crippen MR) is 160 cm³/mol. The first-order valence-electron chi connectivity index (χ1n) is 14.2. The average Bonchev–Trinajstić information content (AvgIpc) is 3.25. The van der Waals surface area contributed by atoms with Crippen molar-refractivity contribution in [2.45, 2.75) is 64.7 Å². The van der Waals surface area contributed by atoms with E-state index in [4.69, 9.17) is 14.6 Å². The third-order valence-corrected chi connectivity index (χ3v) is 7.26. The molecule has 0 spiro atoms. The van der Waals surface area contributed by atoms with Crippen molar-refractivity contribution < 1.29 is 24.0 Å². The van der Waals surface area contributed by atoms with E-state index in [-0.39, 0.29) is 23.4 Å². The van der Waals surface area contributed by atoms with Gasteiger partial charge in [0.05, 0.1) is 6.04 Å². The number of nitrogens with zero attached hydrogens (tertiary/aromatic N) is 4. The summed E-state index contributed by atoms with van der Waals surface area (Å²) in [4.78, 5) is 53.5. The molecule has 2 aliphatic heterocycles. The van der Waals surface area contributed by atoms with Crippen molar-refractivity contribution in [3.8, 4) is 11.1 Å². The van der Waals surface area contributed by atoms with Crippen molar-refractivity contribution in [2.75, 3.05) is 18.0 Å². The molecule has 0 radical (unpaired) electrons. The fourth-order valence-corrected chi connectivity index (χ4v) is 5.15. The molecule has 3 heterocycles. The fourth-order valence-electron chi connectivity index (χ4n) is 5.15. The fraction of sp³-hybridized carbons (Fsp3) is 0.364. The van der Waals surface area contributed by atoms with Crippen molar-refractivity contribution >= 4 is 29.3 Å². The molecule has 2 amide bonds. The number of oxime groups is 1. The highest BCUT2D eigenvalue weighted by Crippen LogP contribution is 2.33. The molecule has 1 aromatic heterocycles. The molecule has 0 N–H and O–H groups in total. The molecule has 0 aliphatic carbocycles. The van der Waals surface area contributed by atoms with Gasteiger partial charge in [0.2, 0.25) is 5.78 Å². The van der Waals surface area contributed by atoms with Gasteiger partial charge in [-0.15, -0.1) is 0 Å². The van der Waals surface area contributed by atoms with Gasteiger partial charge in [0.25, 0.3) is 5.91 Å². The summed E-state index contributed by atoms with van der Waals surface area (Å²) in [6.07, 6.45) is 2.66. The minimum atomic E-state index is -1.02. The quantitative estimate of drug-likeness (QED) is 0.381. The van der Waals surface area contributed by atoms with E-state index in [2.05, 4.69) is 5.16 Å². The van der Waals surface area contributed by atoms with Crippen LogP contribution in [-0.2, 0) is 14.4 Å². The van der Waals surface area contributed by atoms with Gasteiger partial charge in [-0.1, -0.05) is 47.6 Å². The first-order valence-corrected chi connectivity index (χ1v) is 14.2. The summed E-state index contributed by atoms with van der Waals surface area (Å²) in [6, 6.07) is 20.0. The molecular formula is C33H36N4O5. The molecule has 0 unspecified atom stereocenters. The van der Waals surface area contributed by atoms with E-state index in [1.165, 1.54) is 0 Å². The second kappa shape index (κ2) is 11.4. The lowest BCUT2D eigenvalue weighted by Crippen LogP contribution is -2.53. The molecule has 1 fully saturated rings. The van der Waals surface area contributed by atoms with Crippen molar-refractivity contribution in [2.24, 2.45) is 5.16 Å². The van der Waals surface area contributed by atoms with Gasteiger partial charge in [-0.25, -0.2) is 9.78 Å². The normalized spacial score (nSPS) is 18.2. The van der Waals surface area contributed by atoms with Gasteiger partial charge in [-0.3, -0.25) is 14.5 Å². The Balaban J connectivity index is 1.51. The Morgan fingerprint density at radius 1 is 1.00 bits per heavy atom. The molecule has 9 nitrogen and oxygen atoms in total. The highest BCUT2D eigenvalue weighted by molar-refractivity contribution is 6.49. The summed E-state index contributed by atoms with van der Waals surface area (Å²) in [5, 5.41) is 3.98. The SMILES string of the molecule is CC(C)(C)OC(=O)N1CCC[C@@H](N(C(=O)c2ccc(C3=NOC(C)(C)C3=O)cc2)c2ncccc2-c2ccccc2)C1. The summed E-state index contributed by atoms with van der Waals surface area (Å²) in [7, 11) is 0. The molecular weight excluding hydrogens is 532 g/mol. The van der Waals surface area contributed by atoms with Crippen molar-refractivity contribution in [1.29, 1.82) is 0 Å². The number of ether oxygens (including phenoxy) is 1. The van der Waals surface area contributed by atoms with Gasteiger partial charge in [0.1, 0.15) is 11.4 Å². The molecule has 42 heavy (non-hydrogen) atoms. The van der Waals surface area contributed by atoms with Crippen LogP contribution in [0.3, 0.4) is 0 Å². The lowest BCUT2D eigenvalue weighted by Gasteiger charge is -2.39. The molecule has 2 aliphatic rings. The maximum absolute atomic E-state index is 14.4. The molecule has 1 saturated heterocycles. The smallest absolute Gasteiger partial charge is 0.410 e. The van der Waals surface area contributed by atoms with Crippen LogP contribution < -0.4 is 4.90 Å². The van der Waals surface area contributed by atoms with Gasteiger partial charge in [0, 0.05) is 36.0 Å². The molecule has 0 saturated carbocycles. The number of hydrogen-bond donors (Lipinski definition) is 0. The van der Waals surface area contributed by atoms with E-state index in [1.54, 1.807) is 54.1 Å².